The van der Waals surface area contributed by atoms with Gasteiger partial charge in [0.15, 0.2) is 0 Å². The van der Waals surface area contributed by atoms with Crippen molar-refractivity contribution in [3.05, 3.63) is 46.5 Å². The SMILES string of the molecule is CCCCC=C[C@H](O)c1ccccc1Br. The van der Waals surface area contributed by atoms with E-state index in [-0.39, 0.29) is 0 Å². The molecule has 0 fully saturated rings. The Labute approximate surface area is 100.0 Å². The summed E-state index contributed by atoms with van der Waals surface area (Å²) in [5.74, 6) is 0. The quantitative estimate of drug-likeness (QED) is 0.626. The third kappa shape index (κ3) is 4.18. The highest BCUT2D eigenvalue weighted by atomic mass is 79.9. The normalized spacial score (nSPS) is 13.3. The van der Waals surface area contributed by atoms with Crippen LogP contribution in [0.3, 0.4) is 0 Å². The number of benzene rings is 1. The minimum absolute atomic E-state index is 0.502. The highest BCUT2D eigenvalue weighted by Gasteiger charge is 2.05. The summed E-state index contributed by atoms with van der Waals surface area (Å²) in [6, 6.07) is 7.75. The fourth-order valence-corrected chi connectivity index (χ4v) is 1.89. The number of aliphatic hydroxyl groups excluding tert-OH is 1. The van der Waals surface area contributed by atoms with Crippen molar-refractivity contribution in [3.8, 4) is 0 Å². The average molecular weight is 269 g/mol. The first kappa shape index (κ1) is 12.5. The van der Waals surface area contributed by atoms with Gasteiger partial charge in [-0.15, -0.1) is 0 Å². The van der Waals surface area contributed by atoms with Gasteiger partial charge < -0.3 is 5.11 Å². The van der Waals surface area contributed by atoms with Gasteiger partial charge in [0.05, 0.1) is 6.10 Å². The van der Waals surface area contributed by atoms with Crippen molar-refractivity contribution in [2.24, 2.45) is 0 Å². The Bertz CT molecular complexity index is 320. The van der Waals surface area contributed by atoms with E-state index < -0.39 is 6.10 Å². The van der Waals surface area contributed by atoms with Gasteiger partial charge in [-0.05, 0) is 18.1 Å². The summed E-state index contributed by atoms with van der Waals surface area (Å²) in [6.07, 6.45) is 6.81. The molecule has 1 N–H and O–H groups in total. The van der Waals surface area contributed by atoms with E-state index >= 15 is 0 Å². The van der Waals surface area contributed by atoms with Crippen LogP contribution in [0.4, 0.5) is 0 Å². The summed E-state index contributed by atoms with van der Waals surface area (Å²) >= 11 is 3.43. The lowest BCUT2D eigenvalue weighted by atomic mass is 10.1. The monoisotopic (exact) mass is 268 g/mol. The summed E-state index contributed by atoms with van der Waals surface area (Å²) < 4.78 is 0.956. The van der Waals surface area contributed by atoms with Crippen LogP contribution in [0.15, 0.2) is 40.9 Å². The fraction of sp³-hybridized carbons (Fsp3) is 0.385. The van der Waals surface area contributed by atoms with Crippen molar-refractivity contribution in [2.45, 2.75) is 32.3 Å². The van der Waals surface area contributed by atoms with Crippen LogP contribution >= 0.6 is 15.9 Å². The first-order valence-electron chi connectivity index (χ1n) is 5.35. The van der Waals surface area contributed by atoms with E-state index in [1.54, 1.807) is 0 Å². The number of halogens is 1. The first-order valence-corrected chi connectivity index (χ1v) is 6.14. The largest absolute Gasteiger partial charge is 0.384 e. The minimum atomic E-state index is -0.502. The van der Waals surface area contributed by atoms with Crippen LogP contribution < -0.4 is 0 Å². The van der Waals surface area contributed by atoms with Gasteiger partial charge in [0.2, 0.25) is 0 Å². The molecule has 15 heavy (non-hydrogen) atoms. The second-order valence-electron chi connectivity index (χ2n) is 3.54. The molecule has 0 spiro atoms. The molecule has 0 saturated heterocycles. The number of unbranched alkanes of at least 4 members (excludes halogenated alkanes) is 2. The zero-order chi connectivity index (χ0) is 11.1. The topological polar surface area (TPSA) is 20.2 Å². The Morgan fingerprint density at radius 2 is 2.13 bits per heavy atom. The van der Waals surface area contributed by atoms with Gasteiger partial charge in [-0.25, -0.2) is 0 Å². The highest BCUT2D eigenvalue weighted by Crippen LogP contribution is 2.23. The molecule has 0 bridgehead atoms. The van der Waals surface area contributed by atoms with E-state index in [2.05, 4.69) is 22.9 Å². The van der Waals surface area contributed by atoms with E-state index in [1.165, 1.54) is 12.8 Å². The van der Waals surface area contributed by atoms with Crippen LogP contribution in [0.1, 0.15) is 37.9 Å². The van der Waals surface area contributed by atoms with Crippen LogP contribution in [-0.2, 0) is 0 Å². The molecule has 2 heteroatoms. The van der Waals surface area contributed by atoms with E-state index in [0.717, 1.165) is 16.5 Å². The number of rotatable bonds is 5. The van der Waals surface area contributed by atoms with E-state index in [4.69, 9.17) is 0 Å². The summed E-state index contributed by atoms with van der Waals surface area (Å²) in [5, 5.41) is 9.88. The summed E-state index contributed by atoms with van der Waals surface area (Å²) in [6.45, 7) is 2.16. The zero-order valence-corrected chi connectivity index (χ0v) is 10.6. The smallest absolute Gasteiger partial charge is 0.0982 e. The van der Waals surface area contributed by atoms with Crippen LogP contribution in [0.25, 0.3) is 0 Å². The molecule has 0 unspecified atom stereocenters. The summed E-state index contributed by atoms with van der Waals surface area (Å²) in [7, 11) is 0. The molecule has 82 valence electrons. The minimum Gasteiger partial charge on any atom is -0.384 e. The van der Waals surface area contributed by atoms with Gasteiger partial charge in [-0.2, -0.15) is 0 Å². The molecule has 0 saturated carbocycles. The molecule has 0 aromatic heterocycles. The van der Waals surface area contributed by atoms with E-state index in [9.17, 15) is 5.11 Å². The Morgan fingerprint density at radius 1 is 1.40 bits per heavy atom. The van der Waals surface area contributed by atoms with Crippen LogP contribution in [0, 0.1) is 0 Å². The Hall–Kier alpha value is -0.600. The van der Waals surface area contributed by atoms with Gasteiger partial charge in [-0.3, -0.25) is 0 Å². The Morgan fingerprint density at radius 3 is 2.80 bits per heavy atom. The maximum atomic E-state index is 9.88. The molecule has 0 radical (unpaired) electrons. The molecule has 1 rings (SSSR count). The lowest BCUT2D eigenvalue weighted by Gasteiger charge is -2.07. The van der Waals surface area contributed by atoms with Crippen molar-refractivity contribution in [1.29, 1.82) is 0 Å². The van der Waals surface area contributed by atoms with Gasteiger partial charge in [-0.1, -0.05) is 66.0 Å². The molecule has 0 aliphatic carbocycles. The maximum absolute atomic E-state index is 9.88. The van der Waals surface area contributed by atoms with Gasteiger partial charge in [0.25, 0.3) is 0 Å². The molecule has 1 nitrogen and oxygen atoms in total. The third-order valence-electron chi connectivity index (χ3n) is 2.27. The van der Waals surface area contributed by atoms with Crippen LogP contribution in [0.5, 0.6) is 0 Å². The zero-order valence-electron chi connectivity index (χ0n) is 8.99. The fourth-order valence-electron chi connectivity index (χ4n) is 1.37. The van der Waals surface area contributed by atoms with Gasteiger partial charge in [0, 0.05) is 4.47 Å². The number of aliphatic hydroxyl groups is 1. The van der Waals surface area contributed by atoms with Crippen molar-refractivity contribution >= 4 is 15.9 Å². The molecule has 0 heterocycles. The summed E-state index contributed by atoms with van der Waals surface area (Å²) in [5.41, 5.74) is 0.922. The second kappa shape index (κ2) is 6.81. The number of hydrogen-bond donors (Lipinski definition) is 1. The Kier molecular flexibility index (Phi) is 5.66. The molecular weight excluding hydrogens is 252 g/mol. The molecule has 0 amide bonds. The van der Waals surface area contributed by atoms with Crippen molar-refractivity contribution in [3.63, 3.8) is 0 Å². The second-order valence-corrected chi connectivity index (χ2v) is 4.39. The van der Waals surface area contributed by atoms with Crippen molar-refractivity contribution in [2.75, 3.05) is 0 Å². The van der Waals surface area contributed by atoms with Crippen molar-refractivity contribution in [1.82, 2.24) is 0 Å². The average Bonchev–Trinajstić information content (AvgIpc) is 2.25. The molecule has 1 aromatic rings. The Balaban J connectivity index is 2.57. The standard InChI is InChI=1S/C13H17BrO/c1-2-3-4-5-10-13(15)11-8-6-7-9-12(11)14/h5-10,13,15H,2-4H2,1H3/t13-/m0/s1. The van der Waals surface area contributed by atoms with E-state index in [0.29, 0.717) is 0 Å². The van der Waals surface area contributed by atoms with E-state index in [1.807, 2.05) is 36.4 Å². The predicted octanol–water partition coefficient (Wildman–Crippen LogP) is 4.23. The molecule has 0 aliphatic heterocycles. The van der Waals surface area contributed by atoms with Gasteiger partial charge >= 0.3 is 0 Å². The molecular formula is C13H17BrO. The lowest BCUT2D eigenvalue weighted by Crippen LogP contribution is -1.93. The number of hydrogen-bond acceptors (Lipinski definition) is 1. The molecule has 1 atom stereocenters. The third-order valence-corrected chi connectivity index (χ3v) is 2.99. The lowest BCUT2D eigenvalue weighted by molar-refractivity contribution is 0.227. The van der Waals surface area contributed by atoms with Crippen LogP contribution in [-0.4, -0.2) is 5.11 Å². The van der Waals surface area contributed by atoms with Crippen LogP contribution in [0.2, 0.25) is 0 Å². The maximum Gasteiger partial charge on any atom is 0.0982 e. The highest BCUT2D eigenvalue weighted by molar-refractivity contribution is 9.10. The molecule has 0 aliphatic rings. The molecule has 1 aromatic carbocycles. The first-order chi connectivity index (χ1) is 7.25. The number of allylic oxidation sites excluding steroid dienone is 1. The van der Waals surface area contributed by atoms with Crippen molar-refractivity contribution < 1.29 is 5.11 Å². The van der Waals surface area contributed by atoms with Gasteiger partial charge in [0.1, 0.15) is 0 Å². The predicted molar refractivity (Wildman–Crippen MR) is 67.8 cm³/mol. The summed E-state index contributed by atoms with van der Waals surface area (Å²) in [4.78, 5) is 0.